The van der Waals surface area contributed by atoms with E-state index in [1.807, 2.05) is 0 Å². The Morgan fingerprint density at radius 1 is 1.44 bits per heavy atom. The quantitative estimate of drug-likeness (QED) is 0.880. The van der Waals surface area contributed by atoms with Gasteiger partial charge in [0, 0.05) is 33.7 Å². The van der Waals surface area contributed by atoms with Gasteiger partial charge in [0.2, 0.25) is 0 Å². The molecule has 18 heavy (non-hydrogen) atoms. The van der Waals surface area contributed by atoms with E-state index in [2.05, 4.69) is 57.1 Å². The van der Waals surface area contributed by atoms with Crippen LogP contribution in [0.1, 0.15) is 30.1 Å². The summed E-state index contributed by atoms with van der Waals surface area (Å²) in [7, 11) is 0. The van der Waals surface area contributed by atoms with Crippen LogP contribution in [-0.4, -0.2) is 11.5 Å². The number of benzene rings is 1. The Bertz CT molecular complexity index is 585. The largest absolute Gasteiger partial charge is 0.357 e. The highest BCUT2D eigenvalue weighted by Gasteiger charge is 2.23. The first-order valence-corrected chi connectivity index (χ1v) is 7.21. The topological polar surface area (TPSA) is 27.8 Å². The van der Waals surface area contributed by atoms with Gasteiger partial charge in [0.15, 0.2) is 0 Å². The zero-order valence-electron chi connectivity index (χ0n) is 10.3. The molecule has 0 saturated carbocycles. The van der Waals surface area contributed by atoms with Crippen LogP contribution in [0.5, 0.6) is 0 Å². The van der Waals surface area contributed by atoms with Gasteiger partial charge in [-0.05, 0) is 30.9 Å². The summed E-state index contributed by atoms with van der Waals surface area (Å²) >= 11 is 3.41. The number of aryl methyl sites for hydroxylation is 1. The van der Waals surface area contributed by atoms with Crippen molar-refractivity contribution in [3.8, 4) is 0 Å². The molecule has 3 heteroatoms. The standard InChI is InChI=1S/C15H17BrN2/c1-10(16)9-17-14-8-4-6-12-11-5-2-3-7-13(11)18-15(12)14/h2-3,5,7,14,17-18H,1,4,6,8-9H2. The van der Waals surface area contributed by atoms with Crippen molar-refractivity contribution >= 4 is 26.8 Å². The molecule has 1 heterocycles. The highest BCUT2D eigenvalue weighted by molar-refractivity contribution is 9.11. The maximum absolute atomic E-state index is 3.88. The molecular weight excluding hydrogens is 288 g/mol. The third kappa shape index (κ3) is 2.13. The van der Waals surface area contributed by atoms with Crippen LogP contribution in [0.3, 0.4) is 0 Å². The maximum Gasteiger partial charge on any atom is 0.0478 e. The maximum atomic E-state index is 3.88. The van der Waals surface area contributed by atoms with E-state index in [-0.39, 0.29) is 0 Å². The monoisotopic (exact) mass is 304 g/mol. The van der Waals surface area contributed by atoms with Crippen molar-refractivity contribution < 1.29 is 0 Å². The molecule has 0 aliphatic heterocycles. The summed E-state index contributed by atoms with van der Waals surface area (Å²) in [5.74, 6) is 0. The van der Waals surface area contributed by atoms with Crippen LogP contribution in [-0.2, 0) is 6.42 Å². The van der Waals surface area contributed by atoms with Gasteiger partial charge in [0.05, 0.1) is 0 Å². The summed E-state index contributed by atoms with van der Waals surface area (Å²) in [5.41, 5.74) is 4.12. The molecule has 2 nitrogen and oxygen atoms in total. The molecule has 0 spiro atoms. The molecule has 1 atom stereocenters. The number of halogens is 1. The molecule has 1 unspecified atom stereocenters. The first-order valence-electron chi connectivity index (χ1n) is 6.42. The number of nitrogens with one attached hydrogen (secondary N) is 2. The minimum Gasteiger partial charge on any atom is -0.357 e. The van der Waals surface area contributed by atoms with Crippen LogP contribution in [0.2, 0.25) is 0 Å². The lowest BCUT2D eigenvalue weighted by atomic mass is 9.92. The van der Waals surface area contributed by atoms with Gasteiger partial charge in [0.25, 0.3) is 0 Å². The van der Waals surface area contributed by atoms with Gasteiger partial charge in [-0.3, -0.25) is 0 Å². The lowest BCUT2D eigenvalue weighted by Crippen LogP contribution is -2.26. The second kappa shape index (κ2) is 4.90. The van der Waals surface area contributed by atoms with Gasteiger partial charge < -0.3 is 10.3 Å². The van der Waals surface area contributed by atoms with Gasteiger partial charge in [-0.15, -0.1) is 0 Å². The fraction of sp³-hybridized carbons (Fsp3) is 0.333. The molecule has 0 amide bonds. The first kappa shape index (κ1) is 12.0. The molecule has 2 N–H and O–H groups in total. The molecule has 1 aromatic carbocycles. The minimum atomic E-state index is 0.426. The highest BCUT2D eigenvalue weighted by Crippen LogP contribution is 2.34. The van der Waals surface area contributed by atoms with Gasteiger partial charge in [-0.1, -0.05) is 40.7 Å². The number of aromatic nitrogens is 1. The number of aromatic amines is 1. The van der Waals surface area contributed by atoms with E-state index in [4.69, 9.17) is 0 Å². The summed E-state index contributed by atoms with van der Waals surface area (Å²) < 4.78 is 1.01. The zero-order chi connectivity index (χ0) is 12.5. The van der Waals surface area contributed by atoms with Crippen molar-refractivity contribution in [2.45, 2.75) is 25.3 Å². The van der Waals surface area contributed by atoms with E-state index in [1.54, 1.807) is 0 Å². The molecule has 94 valence electrons. The predicted octanol–water partition coefficient (Wildman–Crippen LogP) is 4.04. The SMILES string of the molecule is C=C(Br)CNC1CCCc2c1[nH]c1ccccc21. The lowest BCUT2D eigenvalue weighted by Gasteiger charge is -2.23. The first-order chi connectivity index (χ1) is 8.75. The van der Waals surface area contributed by atoms with E-state index in [9.17, 15) is 0 Å². The molecule has 2 aromatic rings. The van der Waals surface area contributed by atoms with Crippen LogP contribution in [0.15, 0.2) is 35.3 Å². The smallest absolute Gasteiger partial charge is 0.0478 e. The average molecular weight is 305 g/mol. The molecule has 0 fully saturated rings. The number of hydrogen-bond donors (Lipinski definition) is 2. The van der Waals surface area contributed by atoms with Crippen molar-refractivity contribution in [3.63, 3.8) is 0 Å². The Morgan fingerprint density at radius 2 is 2.28 bits per heavy atom. The van der Waals surface area contributed by atoms with E-state index in [0.717, 1.165) is 11.0 Å². The van der Waals surface area contributed by atoms with Crippen molar-refractivity contribution in [2.75, 3.05) is 6.54 Å². The van der Waals surface area contributed by atoms with Gasteiger partial charge in [-0.25, -0.2) is 0 Å². The van der Waals surface area contributed by atoms with Crippen LogP contribution in [0.25, 0.3) is 10.9 Å². The van der Waals surface area contributed by atoms with E-state index in [1.165, 1.54) is 41.4 Å². The average Bonchev–Trinajstić information content (AvgIpc) is 2.75. The summed E-state index contributed by atoms with van der Waals surface area (Å²) in [5, 5.41) is 4.95. The van der Waals surface area contributed by atoms with Gasteiger partial charge in [-0.2, -0.15) is 0 Å². The zero-order valence-corrected chi connectivity index (χ0v) is 11.9. The minimum absolute atomic E-state index is 0.426. The van der Waals surface area contributed by atoms with E-state index in [0.29, 0.717) is 6.04 Å². The molecule has 1 aromatic heterocycles. The van der Waals surface area contributed by atoms with Gasteiger partial charge >= 0.3 is 0 Å². The second-order valence-electron chi connectivity index (χ2n) is 4.91. The normalized spacial score (nSPS) is 18.8. The van der Waals surface area contributed by atoms with Crippen molar-refractivity contribution in [3.05, 3.63) is 46.6 Å². The fourth-order valence-corrected chi connectivity index (χ4v) is 3.01. The third-order valence-electron chi connectivity index (χ3n) is 3.65. The third-order valence-corrected chi connectivity index (χ3v) is 3.94. The van der Waals surface area contributed by atoms with Crippen molar-refractivity contribution in [1.82, 2.24) is 10.3 Å². The summed E-state index contributed by atoms with van der Waals surface area (Å²) in [6.45, 7) is 4.70. The molecule has 0 bridgehead atoms. The van der Waals surface area contributed by atoms with E-state index >= 15 is 0 Å². The number of para-hydroxylation sites is 1. The lowest BCUT2D eigenvalue weighted by molar-refractivity contribution is 0.473. The van der Waals surface area contributed by atoms with Crippen LogP contribution in [0.4, 0.5) is 0 Å². The van der Waals surface area contributed by atoms with E-state index < -0.39 is 0 Å². The van der Waals surface area contributed by atoms with Crippen LogP contribution >= 0.6 is 15.9 Å². The molecule has 1 aliphatic rings. The summed E-state index contributed by atoms with van der Waals surface area (Å²) in [6.07, 6.45) is 3.63. The molecule has 0 radical (unpaired) electrons. The summed E-state index contributed by atoms with van der Waals surface area (Å²) in [4.78, 5) is 3.58. The van der Waals surface area contributed by atoms with Crippen molar-refractivity contribution in [2.24, 2.45) is 0 Å². The van der Waals surface area contributed by atoms with Crippen LogP contribution in [0, 0.1) is 0 Å². The Kier molecular flexibility index (Phi) is 3.27. The highest BCUT2D eigenvalue weighted by atomic mass is 79.9. The fourth-order valence-electron chi connectivity index (χ4n) is 2.85. The Balaban J connectivity index is 1.97. The molecule has 3 rings (SSSR count). The Labute approximate surface area is 116 Å². The Hall–Kier alpha value is -1.06. The number of H-pyrrole nitrogens is 1. The molecule has 1 aliphatic carbocycles. The summed E-state index contributed by atoms with van der Waals surface area (Å²) in [6, 6.07) is 9.02. The Morgan fingerprint density at radius 3 is 3.11 bits per heavy atom. The number of hydrogen-bond acceptors (Lipinski definition) is 1. The van der Waals surface area contributed by atoms with Crippen molar-refractivity contribution in [1.29, 1.82) is 0 Å². The molecular formula is C15H17BrN2. The van der Waals surface area contributed by atoms with Gasteiger partial charge in [0.1, 0.15) is 0 Å². The van der Waals surface area contributed by atoms with Crippen LogP contribution < -0.4 is 5.32 Å². The second-order valence-corrected chi connectivity index (χ2v) is 6.03. The number of rotatable bonds is 3. The molecule has 0 saturated heterocycles. The number of fused-ring (bicyclic) bond motifs is 3. The predicted molar refractivity (Wildman–Crippen MR) is 80.0 cm³/mol.